The number of hydrogen-bond donors (Lipinski definition) is 1. The lowest BCUT2D eigenvalue weighted by Crippen LogP contribution is -2.35. The van der Waals surface area contributed by atoms with Crippen LogP contribution in [0.5, 0.6) is 0 Å². The first-order chi connectivity index (χ1) is 8.47. The van der Waals surface area contributed by atoms with Crippen molar-refractivity contribution in [3.05, 3.63) is 0 Å². The van der Waals surface area contributed by atoms with Gasteiger partial charge in [0.2, 0.25) is 5.91 Å². The van der Waals surface area contributed by atoms with Crippen molar-refractivity contribution >= 4 is 11.9 Å². The first-order valence-electron chi connectivity index (χ1n) is 6.61. The Morgan fingerprint density at radius 1 is 1.00 bits per heavy atom. The third-order valence-electron chi connectivity index (χ3n) is 2.73. The van der Waals surface area contributed by atoms with Crippen LogP contribution in [-0.4, -0.2) is 60.5 Å². The number of carboxylic acids is 1. The van der Waals surface area contributed by atoms with E-state index in [1.54, 1.807) is 4.90 Å². The lowest BCUT2D eigenvalue weighted by Gasteiger charge is -2.23. The monoisotopic (exact) mass is 258 g/mol. The maximum Gasteiger partial charge on any atom is 0.305 e. The molecule has 106 valence electrons. The number of hydrogen-bond acceptors (Lipinski definition) is 3. The summed E-state index contributed by atoms with van der Waals surface area (Å²) in [5.41, 5.74) is 0. The number of rotatable bonds is 10. The van der Waals surface area contributed by atoms with Gasteiger partial charge in [0.1, 0.15) is 0 Å². The van der Waals surface area contributed by atoms with Gasteiger partial charge in [-0.1, -0.05) is 13.3 Å². The highest BCUT2D eigenvalue weighted by molar-refractivity contribution is 5.77. The fourth-order valence-corrected chi connectivity index (χ4v) is 1.66. The van der Waals surface area contributed by atoms with E-state index >= 15 is 0 Å². The fourth-order valence-electron chi connectivity index (χ4n) is 1.66. The number of nitrogens with zero attached hydrogens (tertiary/aromatic N) is 2. The lowest BCUT2D eigenvalue weighted by molar-refractivity contribution is -0.138. The third kappa shape index (κ3) is 8.98. The van der Waals surface area contributed by atoms with E-state index in [1.165, 1.54) is 0 Å². The van der Waals surface area contributed by atoms with Gasteiger partial charge >= 0.3 is 5.97 Å². The number of unbranched alkanes of at least 4 members (excludes halogenated alkanes) is 1. The second-order valence-electron chi connectivity index (χ2n) is 4.78. The highest BCUT2D eigenvalue weighted by atomic mass is 16.4. The smallest absolute Gasteiger partial charge is 0.305 e. The Kier molecular flexibility index (Phi) is 9.28. The van der Waals surface area contributed by atoms with Crippen LogP contribution in [0.15, 0.2) is 0 Å². The molecule has 0 rings (SSSR count). The number of amides is 1. The summed E-state index contributed by atoms with van der Waals surface area (Å²) in [5.74, 6) is -0.771. The van der Waals surface area contributed by atoms with E-state index in [2.05, 4.69) is 4.90 Å². The maximum absolute atomic E-state index is 11.9. The molecule has 0 unspecified atom stereocenters. The maximum atomic E-state index is 11.9. The van der Waals surface area contributed by atoms with E-state index in [9.17, 15) is 9.59 Å². The lowest BCUT2D eigenvalue weighted by atomic mass is 10.2. The minimum absolute atomic E-state index is 0.0276. The van der Waals surface area contributed by atoms with Crippen molar-refractivity contribution in [2.45, 2.75) is 39.0 Å². The Morgan fingerprint density at radius 3 is 2.17 bits per heavy atom. The van der Waals surface area contributed by atoms with Crippen molar-refractivity contribution in [1.82, 2.24) is 9.80 Å². The zero-order valence-electron chi connectivity index (χ0n) is 11.8. The molecule has 0 heterocycles. The van der Waals surface area contributed by atoms with Crippen molar-refractivity contribution < 1.29 is 14.7 Å². The topological polar surface area (TPSA) is 60.9 Å². The van der Waals surface area contributed by atoms with Crippen LogP contribution in [0.1, 0.15) is 39.0 Å². The van der Waals surface area contributed by atoms with Crippen LogP contribution < -0.4 is 0 Å². The molecule has 0 aromatic heterocycles. The Hall–Kier alpha value is -1.10. The first-order valence-corrected chi connectivity index (χ1v) is 6.61. The number of carbonyl (C=O) groups excluding carboxylic acids is 1. The molecule has 18 heavy (non-hydrogen) atoms. The molecule has 0 aliphatic rings. The second-order valence-corrected chi connectivity index (χ2v) is 4.78. The van der Waals surface area contributed by atoms with E-state index in [1.807, 2.05) is 21.0 Å². The quantitative estimate of drug-likeness (QED) is 0.644. The second kappa shape index (κ2) is 9.88. The molecular formula is C13H26N2O3. The third-order valence-corrected chi connectivity index (χ3v) is 2.73. The molecule has 5 nitrogen and oxygen atoms in total. The minimum atomic E-state index is -0.851. The average Bonchev–Trinajstić information content (AvgIpc) is 2.29. The Balaban J connectivity index is 4.13. The summed E-state index contributed by atoms with van der Waals surface area (Å²) >= 11 is 0. The Labute approximate surface area is 110 Å². The van der Waals surface area contributed by atoms with Crippen LogP contribution in [0.2, 0.25) is 0 Å². The van der Waals surface area contributed by atoms with Gasteiger partial charge in [0.15, 0.2) is 0 Å². The van der Waals surface area contributed by atoms with Crippen LogP contribution in [-0.2, 0) is 9.59 Å². The average molecular weight is 258 g/mol. The van der Waals surface area contributed by atoms with Crippen LogP contribution in [0.25, 0.3) is 0 Å². The molecule has 0 radical (unpaired) electrons. The van der Waals surface area contributed by atoms with E-state index in [4.69, 9.17) is 5.11 Å². The van der Waals surface area contributed by atoms with Crippen LogP contribution in [0, 0.1) is 0 Å². The molecule has 0 aromatic carbocycles. The largest absolute Gasteiger partial charge is 0.481 e. The van der Waals surface area contributed by atoms with E-state index in [-0.39, 0.29) is 12.3 Å². The van der Waals surface area contributed by atoms with Gasteiger partial charge in [0.25, 0.3) is 0 Å². The van der Waals surface area contributed by atoms with Crippen molar-refractivity contribution in [3.63, 3.8) is 0 Å². The van der Waals surface area contributed by atoms with Crippen LogP contribution in [0.3, 0.4) is 0 Å². The van der Waals surface area contributed by atoms with Crippen molar-refractivity contribution in [3.8, 4) is 0 Å². The standard InChI is InChI=1S/C13H26N2O3/c1-4-5-7-12(16)15(11-8-13(17)18)10-6-9-14(2)3/h4-11H2,1-3H3,(H,17,18). The van der Waals surface area contributed by atoms with Crippen molar-refractivity contribution in [1.29, 1.82) is 0 Å². The molecule has 0 saturated heterocycles. The number of carboxylic acid groups (broad SMARTS) is 1. The Bertz CT molecular complexity index is 255. The molecule has 0 aromatic rings. The predicted octanol–water partition coefficient (Wildman–Crippen LogP) is 1.43. The highest BCUT2D eigenvalue weighted by Crippen LogP contribution is 2.03. The molecule has 0 bridgehead atoms. The highest BCUT2D eigenvalue weighted by Gasteiger charge is 2.13. The number of aliphatic carboxylic acids is 1. The summed E-state index contributed by atoms with van der Waals surface area (Å²) in [6, 6.07) is 0. The summed E-state index contributed by atoms with van der Waals surface area (Å²) < 4.78 is 0. The molecule has 5 heteroatoms. The molecular weight excluding hydrogens is 232 g/mol. The molecule has 0 aliphatic carbocycles. The predicted molar refractivity (Wildman–Crippen MR) is 71.5 cm³/mol. The van der Waals surface area contributed by atoms with Gasteiger partial charge in [-0.25, -0.2) is 0 Å². The first kappa shape index (κ1) is 16.9. The fraction of sp³-hybridized carbons (Fsp3) is 0.846. The summed E-state index contributed by atoms with van der Waals surface area (Å²) in [5, 5.41) is 8.69. The van der Waals surface area contributed by atoms with E-state index in [0.717, 1.165) is 25.8 Å². The molecule has 0 atom stereocenters. The molecule has 1 N–H and O–H groups in total. The molecule has 0 spiro atoms. The summed E-state index contributed by atoms with van der Waals surface area (Å²) in [6.45, 7) is 3.92. The van der Waals surface area contributed by atoms with E-state index in [0.29, 0.717) is 19.5 Å². The van der Waals surface area contributed by atoms with Crippen LogP contribution >= 0.6 is 0 Å². The van der Waals surface area contributed by atoms with Crippen LogP contribution in [0.4, 0.5) is 0 Å². The summed E-state index contributed by atoms with van der Waals surface area (Å²) in [7, 11) is 3.97. The summed E-state index contributed by atoms with van der Waals surface area (Å²) in [6.07, 6.45) is 3.29. The van der Waals surface area contributed by atoms with Gasteiger partial charge in [-0.05, 0) is 33.5 Å². The van der Waals surface area contributed by atoms with Crippen molar-refractivity contribution in [2.75, 3.05) is 33.7 Å². The van der Waals surface area contributed by atoms with Gasteiger partial charge in [0, 0.05) is 19.5 Å². The zero-order chi connectivity index (χ0) is 14.0. The molecule has 0 aliphatic heterocycles. The van der Waals surface area contributed by atoms with Gasteiger partial charge in [0.05, 0.1) is 6.42 Å². The summed E-state index contributed by atoms with van der Waals surface area (Å²) in [4.78, 5) is 26.2. The van der Waals surface area contributed by atoms with E-state index < -0.39 is 5.97 Å². The van der Waals surface area contributed by atoms with Gasteiger partial charge in [-0.15, -0.1) is 0 Å². The normalized spacial score (nSPS) is 10.7. The molecule has 0 saturated carbocycles. The molecule has 0 fully saturated rings. The number of carbonyl (C=O) groups is 2. The van der Waals surface area contributed by atoms with Gasteiger partial charge < -0.3 is 14.9 Å². The zero-order valence-corrected chi connectivity index (χ0v) is 11.8. The molecule has 1 amide bonds. The van der Waals surface area contributed by atoms with Gasteiger partial charge in [-0.2, -0.15) is 0 Å². The Morgan fingerprint density at radius 2 is 1.67 bits per heavy atom. The van der Waals surface area contributed by atoms with Gasteiger partial charge in [-0.3, -0.25) is 9.59 Å². The van der Waals surface area contributed by atoms with Crippen molar-refractivity contribution in [2.24, 2.45) is 0 Å². The SMILES string of the molecule is CCCCC(=O)N(CCCN(C)C)CCC(=O)O. The minimum Gasteiger partial charge on any atom is -0.481 e.